The van der Waals surface area contributed by atoms with Crippen LogP contribution in [0.25, 0.3) is 0 Å². The number of hydrogen-bond acceptors (Lipinski definition) is 4. The second kappa shape index (κ2) is 10.3. The van der Waals surface area contributed by atoms with E-state index in [0.717, 1.165) is 11.4 Å². The molecule has 3 amide bonds. The predicted molar refractivity (Wildman–Crippen MR) is 139 cm³/mol. The van der Waals surface area contributed by atoms with Crippen molar-refractivity contribution in [1.29, 1.82) is 0 Å². The van der Waals surface area contributed by atoms with Gasteiger partial charge in [-0.05, 0) is 63.2 Å². The summed E-state index contributed by atoms with van der Waals surface area (Å²) in [5.41, 5.74) is 2.97. The maximum absolute atomic E-state index is 12.8. The van der Waals surface area contributed by atoms with Crippen LogP contribution in [-0.4, -0.2) is 27.5 Å². The Balaban J connectivity index is 1.67. The molecule has 1 aromatic heterocycles. The van der Waals surface area contributed by atoms with Crippen LogP contribution in [0.1, 0.15) is 55.5 Å². The van der Waals surface area contributed by atoms with E-state index in [1.54, 1.807) is 54.1 Å². The standard InChI is InChI=1S/C26H30ClN5O3/c1-15-12-16(2)32(31-15)17(3)23(33)30-22-11-10-20(14-21(22)27)28-24(34)18-8-7-9-19(13-18)29-25(35)26(4,5)6/h7-14,17H,1-6H3,(H,28,34)(H,29,35)(H,30,33). The number of nitrogens with zero attached hydrogens (tertiary/aromatic N) is 2. The third-order valence-corrected chi connectivity index (χ3v) is 5.65. The zero-order valence-electron chi connectivity index (χ0n) is 20.7. The van der Waals surface area contributed by atoms with Crippen LogP contribution in [0.3, 0.4) is 0 Å². The van der Waals surface area contributed by atoms with Crippen molar-refractivity contribution in [2.45, 2.75) is 47.6 Å². The highest BCUT2D eigenvalue weighted by Gasteiger charge is 2.22. The fourth-order valence-electron chi connectivity index (χ4n) is 3.34. The zero-order chi connectivity index (χ0) is 25.9. The van der Waals surface area contributed by atoms with Gasteiger partial charge >= 0.3 is 0 Å². The number of carbonyl (C=O) groups is 3. The monoisotopic (exact) mass is 495 g/mol. The van der Waals surface area contributed by atoms with Gasteiger partial charge < -0.3 is 16.0 Å². The smallest absolute Gasteiger partial charge is 0.255 e. The largest absolute Gasteiger partial charge is 0.326 e. The highest BCUT2D eigenvalue weighted by Crippen LogP contribution is 2.27. The first kappa shape index (κ1) is 26.0. The van der Waals surface area contributed by atoms with Crippen LogP contribution in [0.4, 0.5) is 17.1 Å². The minimum atomic E-state index is -0.555. The summed E-state index contributed by atoms with van der Waals surface area (Å²) >= 11 is 6.38. The maximum Gasteiger partial charge on any atom is 0.255 e. The van der Waals surface area contributed by atoms with Crippen LogP contribution in [0.15, 0.2) is 48.5 Å². The minimum Gasteiger partial charge on any atom is -0.326 e. The molecule has 1 atom stereocenters. The molecule has 1 heterocycles. The first-order valence-corrected chi connectivity index (χ1v) is 11.6. The van der Waals surface area contributed by atoms with Crippen LogP contribution in [0.2, 0.25) is 5.02 Å². The Hall–Kier alpha value is -3.65. The first-order chi connectivity index (χ1) is 16.3. The third-order valence-electron chi connectivity index (χ3n) is 5.34. The highest BCUT2D eigenvalue weighted by molar-refractivity contribution is 6.34. The Morgan fingerprint density at radius 2 is 1.63 bits per heavy atom. The number of carbonyl (C=O) groups excluding carboxylic acids is 3. The summed E-state index contributed by atoms with van der Waals surface area (Å²) in [6.07, 6.45) is 0. The number of rotatable bonds is 6. The van der Waals surface area contributed by atoms with Crippen LogP contribution < -0.4 is 16.0 Å². The molecule has 3 aromatic rings. The van der Waals surface area contributed by atoms with Crippen LogP contribution in [-0.2, 0) is 9.59 Å². The van der Waals surface area contributed by atoms with Gasteiger partial charge in [-0.2, -0.15) is 5.10 Å². The molecular weight excluding hydrogens is 466 g/mol. The Morgan fingerprint density at radius 3 is 2.23 bits per heavy atom. The highest BCUT2D eigenvalue weighted by atomic mass is 35.5. The summed E-state index contributed by atoms with van der Waals surface area (Å²) in [5, 5.41) is 13.0. The molecule has 35 heavy (non-hydrogen) atoms. The van der Waals surface area contributed by atoms with Gasteiger partial charge in [-0.25, -0.2) is 0 Å². The molecule has 0 saturated carbocycles. The molecule has 0 saturated heterocycles. The topological polar surface area (TPSA) is 105 Å². The Kier molecular flexibility index (Phi) is 7.65. The van der Waals surface area contributed by atoms with Crippen molar-refractivity contribution in [2.24, 2.45) is 5.41 Å². The average Bonchev–Trinajstić information content (AvgIpc) is 3.12. The van der Waals surface area contributed by atoms with Crippen molar-refractivity contribution in [3.8, 4) is 0 Å². The lowest BCUT2D eigenvalue weighted by molar-refractivity contribution is -0.123. The van der Waals surface area contributed by atoms with E-state index in [2.05, 4.69) is 21.0 Å². The van der Waals surface area contributed by atoms with Gasteiger partial charge in [0, 0.05) is 28.0 Å². The number of aryl methyl sites for hydroxylation is 2. The van der Waals surface area contributed by atoms with Gasteiger partial charge in [0.1, 0.15) is 6.04 Å². The van der Waals surface area contributed by atoms with Crippen molar-refractivity contribution in [2.75, 3.05) is 16.0 Å². The third kappa shape index (κ3) is 6.48. The van der Waals surface area contributed by atoms with E-state index in [1.165, 1.54) is 0 Å². The summed E-state index contributed by atoms with van der Waals surface area (Å²) in [5.74, 6) is -0.765. The van der Waals surface area contributed by atoms with Crippen molar-refractivity contribution >= 4 is 46.4 Å². The molecule has 1 unspecified atom stereocenters. The second-order valence-electron chi connectivity index (χ2n) is 9.47. The quantitative estimate of drug-likeness (QED) is 0.414. The number of aromatic nitrogens is 2. The summed E-state index contributed by atoms with van der Waals surface area (Å²) in [7, 11) is 0. The van der Waals surface area contributed by atoms with Gasteiger partial charge in [-0.1, -0.05) is 38.4 Å². The van der Waals surface area contributed by atoms with Crippen LogP contribution >= 0.6 is 11.6 Å². The molecule has 0 spiro atoms. The van der Waals surface area contributed by atoms with E-state index >= 15 is 0 Å². The summed E-state index contributed by atoms with van der Waals surface area (Å²) in [6, 6.07) is 12.9. The van der Waals surface area contributed by atoms with E-state index in [0.29, 0.717) is 22.6 Å². The normalized spacial score (nSPS) is 12.1. The number of benzene rings is 2. The molecule has 0 aliphatic heterocycles. The molecule has 3 N–H and O–H groups in total. The molecule has 8 nitrogen and oxygen atoms in total. The number of nitrogens with one attached hydrogen (secondary N) is 3. The van der Waals surface area contributed by atoms with Crippen LogP contribution in [0, 0.1) is 19.3 Å². The number of amides is 3. The molecular formula is C26H30ClN5O3. The summed E-state index contributed by atoms with van der Waals surface area (Å²) in [4.78, 5) is 37.7. The Bertz CT molecular complexity index is 1280. The maximum atomic E-state index is 12.8. The fourth-order valence-corrected chi connectivity index (χ4v) is 3.57. The molecule has 3 rings (SSSR count). The Labute approximate surface area is 210 Å². The lowest BCUT2D eigenvalue weighted by atomic mass is 9.95. The van der Waals surface area contributed by atoms with Gasteiger partial charge in [0.2, 0.25) is 11.8 Å². The van der Waals surface area contributed by atoms with E-state index in [-0.39, 0.29) is 22.7 Å². The molecule has 184 valence electrons. The predicted octanol–water partition coefficient (Wildman–Crippen LogP) is 5.59. The molecule has 9 heteroatoms. The molecule has 0 bridgehead atoms. The lowest BCUT2D eigenvalue weighted by Gasteiger charge is -2.18. The lowest BCUT2D eigenvalue weighted by Crippen LogP contribution is -2.27. The zero-order valence-corrected chi connectivity index (χ0v) is 21.4. The molecule has 0 fully saturated rings. The second-order valence-corrected chi connectivity index (χ2v) is 9.88. The SMILES string of the molecule is Cc1cc(C)n(C(C)C(=O)Nc2ccc(NC(=O)c3cccc(NC(=O)C(C)(C)C)c3)cc2Cl)n1. The molecule has 2 aromatic carbocycles. The van der Waals surface area contributed by atoms with E-state index in [4.69, 9.17) is 11.6 Å². The summed E-state index contributed by atoms with van der Waals surface area (Å²) in [6.45, 7) is 11.0. The molecule has 0 radical (unpaired) electrons. The van der Waals surface area contributed by atoms with Gasteiger partial charge in [-0.3, -0.25) is 19.1 Å². The van der Waals surface area contributed by atoms with E-state index in [1.807, 2.05) is 40.7 Å². The number of hydrogen-bond donors (Lipinski definition) is 3. The van der Waals surface area contributed by atoms with Gasteiger partial charge in [0.25, 0.3) is 5.91 Å². The number of halogens is 1. The van der Waals surface area contributed by atoms with Gasteiger partial charge in [0.15, 0.2) is 0 Å². The van der Waals surface area contributed by atoms with Crippen LogP contribution in [0.5, 0.6) is 0 Å². The van der Waals surface area contributed by atoms with Crippen molar-refractivity contribution < 1.29 is 14.4 Å². The molecule has 0 aliphatic carbocycles. The first-order valence-electron chi connectivity index (χ1n) is 11.2. The van der Waals surface area contributed by atoms with Crippen molar-refractivity contribution in [1.82, 2.24) is 9.78 Å². The minimum absolute atomic E-state index is 0.147. The van der Waals surface area contributed by atoms with Gasteiger partial charge in [-0.15, -0.1) is 0 Å². The van der Waals surface area contributed by atoms with Gasteiger partial charge in [0.05, 0.1) is 16.4 Å². The Morgan fingerprint density at radius 1 is 0.943 bits per heavy atom. The van der Waals surface area contributed by atoms with E-state index < -0.39 is 11.5 Å². The fraction of sp³-hybridized carbons (Fsp3) is 0.308. The van der Waals surface area contributed by atoms with E-state index in [9.17, 15) is 14.4 Å². The van der Waals surface area contributed by atoms with Crippen molar-refractivity contribution in [3.05, 3.63) is 70.5 Å². The average molecular weight is 496 g/mol. The van der Waals surface area contributed by atoms with Crippen molar-refractivity contribution in [3.63, 3.8) is 0 Å². The summed E-state index contributed by atoms with van der Waals surface area (Å²) < 4.78 is 1.66. The number of anilines is 3. The molecule has 0 aliphatic rings.